The topological polar surface area (TPSA) is 25.8 Å². The van der Waals surface area contributed by atoms with E-state index in [0.717, 1.165) is 44.6 Å². The van der Waals surface area contributed by atoms with Gasteiger partial charge in [0.1, 0.15) is 0 Å². The Morgan fingerprint density at radius 1 is 0.234 bits per heavy atom. The Balaban J connectivity index is 1.04. The summed E-state index contributed by atoms with van der Waals surface area (Å²) in [4.78, 5) is 10.9. The number of rotatable bonds is 5. The lowest BCUT2D eigenvalue weighted by molar-refractivity contribution is 1.19. The average molecular weight is 811 g/mol. The largest absolute Gasteiger partial charge is 0.228 e. The number of fused-ring (bicyclic) bond motifs is 12. The fourth-order valence-corrected chi connectivity index (χ4v) is 10.2. The zero-order chi connectivity index (χ0) is 42.1. The standard InChI is InChI=1S/C62H38N2/c1-2-15-39(16-3-1)43-19-14-20-45(35-43)58-38-59(56-37-57-50-25-9-8-23-48(50)49-24-10-12-27-52(49)61(57)53-28-13-11-26-51(53)56)64-62(63-58)42-31-29-41(30-32-42)60-47-22-7-5-18-44(47)36-55-46-21-6-4-17-40(46)33-34-54(55)60/h1-38H. The van der Waals surface area contributed by atoms with Gasteiger partial charge in [-0.1, -0.05) is 206 Å². The number of aromatic nitrogens is 2. The van der Waals surface area contributed by atoms with Gasteiger partial charge in [-0.15, -0.1) is 0 Å². The molecule has 13 aromatic rings. The quantitative estimate of drug-likeness (QED) is 0.128. The van der Waals surface area contributed by atoms with E-state index in [4.69, 9.17) is 9.97 Å². The first-order valence-corrected chi connectivity index (χ1v) is 22.0. The molecule has 1 aromatic heterocycles. The Hall–Kier alpha value is -8.46. The highest BCUT2D eigenvalue weighted by Crippen LogP contribution is 2.44. The lowest BCUT2D eigenvalue weighted by Gasteiger charge is -2.17. The second kappa shape index (κ2) is 14.6. The van der Waals surface area contributed by atoms with Crippen LogP contribution in [0.15, 0.2) is 231 Å². The van der Waals surface area contributed by atoms with Gasteiger partial charge in [0.05, 0.1) is 11.4 Å². The molecule has 0 atom stereocenters. The number of hydrogen-bond donors (Lipinski definition) is 0. The van der Waals surface area contributed by atoms with Gasteiger partial charge in [-0.3, -0.25) is 0 Å². The van der Waals surface area contributed by atoms with Crippen molar-refractivity contribution in [1.29, 1.82) is 0 Å². The summed E-state index contributed by atoms with van der Waals surface area (Å²) in [6.45, 7) is 0. The van der Waals surface area contributed by atoms with Gasteiger partial charge in [-0.05, 0) is 122 Å². The fourth-order valence-electron chi connectivity index (χ4n) is 10.2. The van der Waals surface area contributed by atoms with Crippen LogP contribution in [0.25, 0.3) is 132 Å². The summed E-state index contributed by atoms with van der Waals surface area (Å²) >= 11 is 0. The van der Waals surface area contributed by atoms with Crippen molar-refractivity contribution in [2.75, 3.05) is 0 Å². The lowest BCUT2D eigenvalue weighted by Crippen LogP contribution is -1.97. The maximum Gasteiger partial charge on any atom is 0.160 e. The summed E-state index contributed by atoms with van der Waals surface area (Å²) in [5.74, 6) is 0.686. The van der Waals surface area contributed by atoms with E-state index in [1.807, 2.05) is 0 Å². The van der Waals surface area contributed by atoms with E-state index in [1.54, 1.807) is 0 Å². The van der Waals surface area contributed by atoms with Gasteiger partial charge in [0.15, 0.2) is 5.82 Å². The molecule has 0 aliphatic heterocycles. The molecule has 0 amide bonds. The summed E-state index contributed by atoms with van der Waals surface area (Å²) in [7, 11) is 0. The van der Waals surface area contributed by atoms with Gasteiger partial charge in [0, 0.05) is 16.7 Å². The molecule has 64 heavy (non-hydrogen) atoms. The molecule has 296 valence electrons. The predicted octanol–water partition coefficient (Wildman–Crippen LogP) is 16.9. The molecule has 0 saturated carbocycles. The summed E-state index contributed by atoms with van der Waals surface area (Å²) < 4.78 is 0. The maximum absolute atomic E-state index is 5.50. The molecule has 0 fully saturated rings. The summed E-state index contributed by atoms with van der Waals surface area (Å²) in [6, 6.07) is 83.5. The molecule has 0 bridgehead atoms. The maximum atomic E-state index is 5.50. The second-order valence-electron chi connectivity index (χ2n) is 16.8. The van der Waals surface area contributed by atoms with Crippen LogP contribution in [-0.4, -0.2) is 9.97 Å². The minimum atomic E-state index is 0.686. The SMILES string of the molecule is c1ccc(-c2cccc(-c3cc(-c4cc5c6ccccc6c6ccccc6c5c5ccccc45)nc(-c4ccc(-c5c6ccccc6cc6c5ccc5ccccc56)cc4)n3)c2)cc1. The van der Waals surface area contributed by atoms with Crippen molar-refractivity contribution >= 4 is 75.4 Å². The first-order valence-electron chi connectivity index (χ1n) is 22.0. The Morgan fingerprint density at radius 2 is 0.781 bits per heavy atom. The molecule has 2 heteroatoms. The highest BCUT2D eigenvalue weighted by Gasteiger charge is 2.19. The first-order chi connectivity index (χ1) is 31.7. The van der Waals surface area contributed by atoms with Crippen molar-refractivity contribution in [2.45, 2.75) is 0 Å². The van der Waals surface area contributed by atoms with E-state index in [-0.39, 0.29) is 0 Å². The minimum Gasteiger partial charge on any atom is -0.228 e. The Labute approximate surface area is 370 Å². The summed E-state index contributed by atoms with van der Waals surface area (Å²) in [5, 5.41) is 17.3. The molecule has 0 radical (unpaired) electrons. The van der Waals surface area contributed by atoms with Crippen molar-refractivity contribution in [1.82, 2.24) is 9.97 Å². The van der Waals surface area contributed by atoms with Crippen LogP contribution < -0.4 is 0 Å². The number of nitrogens with zero attached hydrogens (tertiary/aromatic N) is 2. The highest BCUT2D eigenvalue weighted by molar-refractivity contribution is 6.33. The van der Waals surface area contributed by atoms with Crippen LogP contribution in [0.4, 0.5) is 0 Å². The van der Waals surface area contributed by atoms with E-state index in [0.29, 0.717) is 5.82 Å². The molecule has 12 aromatic carbocycles. The second-order valence-corrected chi connectivity index (χ2v) is 16.8. The van der Waals surface area contributed by atoms with Gasteiger partial charge in [-0.25, -0.2) is 9.97 Å². The summed E-state index contributed by atoms with van der Waals surface area (Å²) in [6.07, 6.45) is 0. The van der Waals surface area contributed by atoms with E-state index in [9.17, 15) is 0 Å². The van der Waals surface area contributed by atoms with Crippen LogP contribution >= 0.6 is 0 Å². The van der Waals surface area contributed by atoms with Crippen molar-refractivity contribution < 1.29 is 0 Å². The highest BCUT2D eigenvalue weighted by atomic mass is 14.9. The zero-order valence-corrected chi connectivity index (χ0v) is 34.8. The molecule has 0 unspecified atom stereocenters. The lowest BCUT2D eigenvalue weighted by atomic mass is 9.88. The normalized spacial score (nSPS) is 11.8. The Kier molecular flexibility index (Phi) is 8.25. The zero-order valence-electron chi connectivity index (χ0n) is 34.8. The van der Waals surface area contributed by atoms with Crippen LogP contribution in [0.1, 0.15) is 0 Å². The van der Waals surface area contributed by atoms with Gasteiger partial charge in [0.25, 0.3) is 0 Å². The Bertz CT molecular complexity index is 4000. The first kappa shape index (κ1) is 36.2. The third-order valence-corrected chi connectivity index (χ3v) is 13.2. The molecule has 13 rings (SSSR count). The van der Waals surface area contributed by atoms with Crippen LogP contribution in [0.2, 0.25) is 0 Å². The van der Waals surface area contributed by atoms with Crippen molar-refractivity contribution in [2.24, 2.45) is 0 Å². The monoisotopic (exact) mass is 810 g/mol. The van der Waals surface area contributed by atoms with E-state index >= 15 is 0 Å². The van der Waals surface area contributed by atoms with E-state index < -0.39 is 0 Å². The fraction of sp³-hybridized carbons (Fsp3) is 0. The number of hydrogen-bond acceptors (Lipinski definition) is 2. The average Bonchev–Trinajstić information content (AvgIpc) is 3.38. The smallest absolute Gasteiger partial charge is 0.160 e. The number of benzene rings is 12. The molecule has 1 heterocycles. The molecule has 2 nitrogen and oxygen atoms in total. The van der Waals surface area contributed by atoms with Crippen molar-refractivity contribution in [3.63, 3.8) is 0 Å². The van der Waals surface area contributed by atoms with Gasteiger partial charge >= 0.3 is 0 Å². The van der Waals surface area contributed by atoms with Crippen LogP contribution in [-0.2, 0) is 0 Å². The molecular formula is C62H38N2. The third-order valence-electron chi connectivity index (χ3n) is 13.2. The van der Waals surface area contributed by atoms with Crippen LogP contribution in [0, 0.1) is 0 Å². The summed E-state index contributed by atoms with van der Waals surface area (Å²) in [5.41, 5.74) is 9.56. The van der Waals surface area contributed by atoms with E-state index in [2.05, 4.69) is 231 Å². The van der Waals surface area contributed by atoms with Crippen molar-refractivity contribution in [3.8, 4) is 56.2 Å². The molecule has 0 aliphatic carbocycles. The van der Waals surface area contributed by atoms with Crippen LogP contribution in [0.3, 0.4) is 0 Å². The Morgan fingerprint density at radius 3 is 1.55 bits per heavy atom. The molecule has 0 N–H and O–H groups in total. The van der Waals surface area contributed by atoms with Gasteiger partial charge < -0.3 is 0 Å². The van der Waals surface area contributed by atoms with Crippen molar-refractivity contribution in [3.05, 3.63) is 231 Å². The molecule has 0 saturated heterocycles. The third kappa shape index (κ3) is 5.81. The minimum absolute atomic E-state index is 0.686. The molecular weight excluding hydrogens is 773 g/mol. The van der Waals surface area contributed by atoms with Crippen LogP contribution in [0.5, 0.6) is 0 Å². The predicted molar refractivity (Wildman–Crippen MR) is 272 cm³/mol. The van der Waals surface area contributed by atoms with Gasteiger partial charge in [0.2, 0.25) is 0 Å². The van der Waals surface area contributed by atoms with E-state index in [1.165, 1.54) is 81.1 Å². The molecule has 0 spiro atoms. The molecule has 0 aliphatic rings. The van der Waals surface area contributed by atoms with Gasteiger partial charge in [-0.2, -0.15) is 0 Å².